The fraction of sp³-hybridized carbons (Fsp3) is 0.571. The van der Waals surface area contributed by atoms with Crippen LogP contribution in [-0.4, -0.2) is 36.5 Å². The molecule has 0 spiro atoms. The van der Waals surface area contributed by atoms with Crippen molar-refractivity contribution in [1.82, 2.24) is 5.32 Å². The predicted molar refractivity (Wildman–Crippen MR) is 77.5 cm³/mol. The van der Waals surface area contributed by atoms with Crippen molar-refractivity contribution in [1.29, 1.82) is 0 Å². The highest BCUT2D eigenvalue weighted by atomic mass is 32.2. The number of methoxy groups -OCH3 is 1. The lowest BCUT2D eigenvalue weighted by molar-refractivity contribution is 0.218. The molecule has 1 aromatic rings. The van der Waals surface area contributed by atoms with Gasteiger partial charge in [-0.3, -0.25) is 4.21 Å². The number of nitrogens with one attached hydrogen (secondary N) is 1. The van der Waals surface area contributed by atoms with Crippen LogP contribution in [0.2, 0.25) is 0 Å². The molecular formula is C14H23NO2S. The fourth-order valence-corrected chi connectivity index (χ4v) is 3.23. The van der Waals surface area contributed by atoms with E-state index in [0.29, 0.717) is 18.1 Å². The van der Waals surface area contributed by atoms with Crippen LogP contribution < -0.4 is 5.32 Å². The van der Waals surface area contributed by atoms with Gasteiger partial charge in [-0.25, -0.2) is 0 Å². The van der Waals surface area contributed by atoms with E-state index >= 15 is 0 Å². The Morgan fingerprint density at radius 2 is 2.11 bits per heavy atom. The quantitative estimate of drug-likeness (QED) is 0.822. The summed E-state index contributed by atoms with van der Waals surface area (Å²) in [5.41, 5.74) is 3.73. The Balaban J connectivity index is 2.73. The molecule has 2 unspecified atom stereocenters. The second-order valence-corrected chi connectivity index (χ2v) is 6.13. The Kier molecular flexibility index (Phi) is 6.54. The van der Waals surface area contributed by atoms with Crippen LogP contribution in [0.15, 0.2) is 18.2 Å². The van der Waals surface area contributed by atoms with Gasteiger partial charge in [-0.05, 0) is 32.0 Å². The first-order valence-corrected chi connectivity index (χ1v) is 7.65. The standard InChI is InChI=1S/C14H23NO2S/c1-11-5-6-13(12(2)9-11)14(15-3)10-18(16)8-7-17-4/h5-6,9,14-15H,7-8,10H2,1-4H3. The second kappa shape index (κ2) is 7.67. The first-order chi connectivity index (χ1) is 8.58. The van der Waals surface area contributed by atoms with E-state index in [2.05, 4.69) is 37.4 Å². The van der Waals surface area contributed by atoms with Gasteiger partial charge in [-0.2, -0.15) is 0 Å². The lowest BCUT2D eigenvalue weighted by Crippen LogP contribution is -2.25. The summed E-state index contributed by atoms with van der Waals surface area (Å²) in [5, 5.41) is 3.25. The molecular weight excluding hydrogens is 246 g/mol. The van der Waals surface area contributed by atoms with Crippen LogP contribution in [0.1, 0.15) is 22.7 Å². The molecule has 0 fully saturated rings. The number of rotatable bonds is 7. The summed E-state index contributed by atoms with van der Waals surface area (Å²) in [6.07, 6.45) is 0. The summed E-state index contributed by atoms with van der Waals surface area (Å²) in [4.78, 5) is 0. The highest BCUT2D eigenvalue weighted by Crippen LogP contribution is 2.19. The second-order valence-electron chi connectivity index (χ2n) is 4.50. The van der Waals surface area contributed by atoms with E-state index in [1.54, 1.807) is 7.11 Å². The van der Waals surface area contributed by atoms with Crippen molar-refractivity contribution in [2.75, 3.05) is 32.3 Å². The van der Waals surface area contributed by atoms with Crippen molar-refractivity contribution in [3.63, 3.8) is 0 Å². The third-order valence-electron chi connectivity index (χ3n) is 3.02. The van der Waals surface area contributed by atoms with Gasteiger partial charge < -0.3 is 10.1 Å². The SMILES string of the molecule is CNC(CS(=O)CCOC)c1ccc(C)cc1C. The normalized spacial score (nSPS) is 14.4. The van der Waals surface area contributed by atoms with E-state index in [4.69, 9.17) is 4.74 Å². The van der Waals surface area contributed by atoms with E-state index < -0.39 is 10.8 Å². The van der Waals surface area contributed by atoms with Crippen LogP contribution >= 0.6 is 0 Å². The summed E-state index contributed by atoms with van der Waals surface area (Å²) in [6, 6.07) is 6.53. The topological polar surface area (TPSA) is 38.3 Å². The molecule has 0 aliphatic heterocycles. The highest BCUT2D eigenvalue weighted by Gasteiger charge is 2.15. The Morgan fingerprint density at radius 1 is 1.39 bits per heavy atom. The lowest BCUT2D eigenvalue weighted by Gasteiger charge is -2.19. The first kappa shape index (κ1) is 15.3. The van der Waals surface area contributed by atoms with E-state index in [-0.39, 0.29) is 6.04 Å². The molecule has 0 saturated heterocycles. The molecule has 18 heavy (non-hydrogen) atoms. The Labute approximate surface area is 112 Å². The van der Waals surface area contributed by atoms with Crippen molar-refractivity contribution in [2.24, 2.45) is 0 Å². The van der Waals surface area contributed by atoms with E-state index in [1.807, 2.05) is 7.05 Å². The van der Waals surface area contributed by atoms with E-state index in [9.17, 15) is 4.21 Å². The van der Waals surface area contributed by atoms with Gasteiger partial charge in [0.25, 0.3) is 0 Å². The minimum atomic E-state index is -0.851. The average Bonchev–Trinajstić information content (AvgIpc) is 2.34. The van der Waals surface area contributed by atoms with E-state index in [0.717, 1.165) is 0 Å². The van der Waals surface area contributed by atoms with Crippen LogP contribution in [-0.2, 0) is 15.5 Å². The van der Waals surface area contributed by atoms with Crippen molar-refractivity contribution < 1.29 is 8.95 Å². The Hall–Kier alpha value is -0.710. The van der Waals surface area contributed by atoms with Crippen LogP contribution in [0.5, 0.6) is 0 Å². The molecule has 1 aromatic carbocycles. The summed E-state index contributed by atoms with van der Waals surface area (Å²) in [7, 11) is 2.70. The molecule has 0 aliphatic rings. The van der Waals surface area contributed by atoms with Crippen LogP contribution in [0.3, 0.4) is 0 Å². The van der Waals surface area contributed by atoms with Crippen molar-refractivity contribution in [3.05, 3.63) is 34.9 Å². The largest absolute Gasteiger partial charge is 0.384 e. The van der Waals surface area contributed by atoms with Crippen molar-refractivity contribution >= 4 is 10.8 Å². The maximum absolute atomic E-state index is 11.9. The monoisotopic (exact) mass is 269 g/mol. The minimum absolute atomic E-state index is 0.142. The van der Waals surface area contributed by atoms with Gasteiger partial charge in [0.1, 0.15) is 0 Å². The van der Waals surface area contributed by atoms with Gasteiger partial charge >= 0.3 is 0 Å². The number of ether oxygens (including phenoxy) is 1. The maximum atomic E-state index is 11.9. The molecule has 3 nitrogen and oxygen atoms in total. The minimum Gasteiger partial charge on any atom is -0.384 e. The molecule has 1 N–H and O–H groups in total. The van der Waals surface area contributed by atoms with Crippen LogP contribution in [0, 0.1) is 13.8 Å². The number of benzene rings is 1. The van der Waals surface area contributed by atoms with Gasteiger partial charge in [0.05, 0.1) is 6.61 Å². The zero-order chi connectivity index (χ0) is 13.5. The molecule has 0 bridgehead atoms. The Bertz CT molecular complexity index is 407. The molecule has 0 radical (unpaired) electrons. The molecule has 0 aromatic heterocycles. The van der Waals surface area contributed by atoms with Gasteiger partial charge in [-0.1, -0.05) is 23.8 Å². The van der Waals surface area contributed by atoms with Crippen LogP contribution in [0.25, 0.3) is 0 Å². The van der Waals surface area contributed by atoms with Crippen molar-refractivity contribution in [3.8, 4) is 0 Å². The first-order valence-electron chi connectivity index (χ1n) is 6.16. The third-order valence-corrected chi connectivity index (χ3v) is 4.34. The zero-order valence-corrected chi connectivity index (χ0v) is 12.5. The van der Waals surface area contributed by atoms with Crippen molar-refractivity contribution in [2.45, 2.75) is 19.9 Å². The van der Waals surface area contributed by atoms with Crippen LogP contribution in [0.4, 0.5) is 0 Å². The molecule has 0 heterocycles. The predicted octanol–water partition coefficient (Wildman–Crippen LogP) is 1.96. The van der Waals surface area contributed by atoms with Gasteiger partial charge in [0.2, 0.25) is 0 Å². The molecule has 0 aliphatic carbocycles. The number of aryl methyl sites for hydroxylation is 2. The van der Waals surface area contributed by atoms with E-state index in [1.165, 1.54) is 16.7 Å². The fourth-order valence-electron chi connectivity index (χ4n) is 1.99. The molecule has 4 heteroatoms. The average molecular weight is 269 g/mol. The Morgan fingerprint density at radius 3 is 2.67 bits per heavy atom. The zero-order valence-electron chi connectivity index (χ0n) is 11.7. The molecule has 1 rings (SSSR count). The van der Waals surface area contributed by atoms with Gasteiger partial charge in [0, 0.05) is 35.5 Å². The summed E-state index contributed by atoms with van der Waals surface area (Å²) < 4.78 is 16.9. The highest BCUT2D eigenvalue weighted by molar-refractivity contribution is 7.85. The number of hydrogen-bond donors (Lipinski definition) is 1. The summed E-state index contributed by atoms with van der Waals surface area (Å²) >= 11 is 0. The lowest BCUT2D eigenvalue weighted by atomic mass is 10.0. The molecule has 102 valence electrons. The maximum Gasteiger partial charge on any atom is 0.0577 e. The molecule has 2 atom stereocenters. The smallest absolute Gasteiger partial charge is 0.0577 e. The summed E-state index contributed by atoms with van der Waals surface area (Å²) in [6.45, 7) is 4.74. The molecule has 0 amide bonds. The number of hydrogen-bond acceptors (Lipinski definition) is 3. The molecule has 0 saturated carbocycles. The summed E-state index contributed by atoms with van der Waals surface area (Å²) in [5.74, 6) is 1.23. The van der Waals surface area contributed by atoms with Gasteiger partial charge in [-0.15, -0.1) is 0 Å². The third kappa shape index (κ3) is 4.52. The van der Waals surface area contributed by atoms with Gasteiger partial charge in [0.15, 0.2) is 0 Å².